The molecule has 0 bridgehead atoms. The molecule has 2 heterocycles. The number of amides is 2. The predicted molar refractivity (Wildman–Crippen MR) is 113 cm³/mol. The minimum Gasteiger partial charge on any atom is -0.398 e. The molecule has 1 aliphatic carbocycles. The first-order valence-electron chi connectivity index (χ1n) is 11.6. The Hall–Kier alpha value is -2.50. The van der Waals surface area contributed by atoms with Crippen LogP contribution in [0, 0.1) is 5.92 Å². The van der Waals surface area contributed by atoms with Gasteiger partial charge in [0.15, 0.2) is 0 Å². The number of ether oxygens (including phenoxy) is 1. The van der Waals surface area contributed by atoms with Crippen LogP contribution in [0.3, 0.4) is 0 Å². The third-order valence-corrected chi connectivity index (χ3v) is 7.22. The highest BCUT2D eigenvalue weighted by Gasteiger charge is 2.49. The molecular formula is C23H27F6N3O3. The lowest BCUT2D eigenvalue weighted by atomic mass is 9.94. The van der Waals surface area contributed by atoms with E-state index in [4.69, 9.17) is 10.5 Å². The molecule has 0 spiro atoms. The van der Waals surface area contributed by atoms with E-state index in [1.807, 2.05) is 0 Å². The normalized spacial score (nSPS) is 23.8. The molecule has 4 rings (SSSR count). The van der Waals surface area contributed by atoms with Crippen molar-refractivity contribution >= 4 is 17.5 Å². The number of nitrogens with two attached hydrogens (primary N) is 1. The van der Waals surface area contributed by atoms with Crippen molar-refractivity contribution in [2.24, 2.45) is 5.92 Å². The van der Waals surface area contributed by atoms with Gasteiger partial charge in [-0.25, -0.2) is 0 Å². The number of rotatable bonds is 3. The molecule has 2 N–H and O–H groups in total. The zero-order valence-corrected chi connectivity index (χ0v) is 18.9. The van der Waals surface area contributed by atoms with E-state index in [0.29, 0.717) is 36.8 Å². The second-order valence-electron chi connectivity index (χ2n) is 9.43. The number of alkyl halides is 6. The molecule has 35 heavy (non-hydrogen) atoms. The van der Waals surface area contributed by atoms with Gasteiger partial charge in [-0.1, -0.05) is 0 Å². The van der Waals surface area contributed by atoms with Gasteiger partial charge in [-0.05, 0) is 61.8 Å². The highest BCUT2D eigenvalue weighted by Crippen LogP contribution is 2.38. The molecule has 2 fully saturated rings. The van der Waals surface area contributed by atoms with Crippen molar-refractivity contribution in [1.29, 1.82) is 0 Å². The van der Waals surface area contributed by atoms with E-state index >= 15 is 0 Å². The molecule has 0 aromatic heterocycles. The first kappa shape index (κ1) is 25.6. The molecule has 1 aromatic carbocycles. The van der Waals surface area contributed by atoms with Gasteiger partial charge >= 0.3 is 18.3 Å². The van der Waals surface area contributed by atoms with Crippen LogP contribution in [0.25, 0.3) is 0 Å². The Kier molecular flexibility index (Phi) is 6.96. The summed E-state index contributed by atoms with van der Waals surface area (Å²) in [5.74, 6) is -2.82. The summed E-state index contributed by atoms with van der Waals surface area (Å²) < 4.78 is 84.9. The SMILES string of the molecule is Nc1cc(C(F)(F)F)cc2c1CCN(C(=O)C1CCC(N(C(=O)C(F)(F)F)C3CCOCC3)C1)C2. The third-order valence-electron chi connectivity index (χ3n) is 7.22. The molecule has 1 saturated carbocycles. The fourth-order valence-electron chi connectivity index (χ4n) is 5.52. The topological polar surface area (TPSA) is 75.9 Å². The highest BCUT2D eigenvalue weighted by atomic mass is 19.4. The van der Waals surface area contributed by atoms with Crippen LogP contribution in [0.1, 0.15) is 48.8 Å². The quantitative estimate of drug-likeness (QED) is 0.497. The first-order chi connectivity index (χ1) is 16.4. The summed E-state index contributed by atoms with van der Waals surface area (Å²) in [4.78, 5) is 27.8. The Morgan fingerprint density at radius 1 is 1.00 bits per heavy atom. The van der Waals surface area contributed by atoms with Gasteiger partial charge in [-0.15, -0.1) is 0 Å². The van der Waals surface area contributed by atoms with E-state index in [0.717, 1.165) is 17.0 Å². The summed E-state index contributed by atoms with van der Waals surface area (Å²) in [5, 5.41) is 0. The number of carbonyl (C=O) groups is 2. The van der Waals surface area contributed by atoms with Crippen molar-refractivity contribution in [3.05, 3.63) is 28.8 Å². The van der Waals surface area contributed by atoms with E-state index in [9.17, 15) is 35.9 Å². The van der Waals surface area contributed by atoms with E-state index in [1.165, 1.54) is 4.90 Å². The first-order valence-corrected chi connectivity index (χ1v) is 11.6. The number of anilines is 1. The molecule has 1 aromatic rings. The van der Waals surface area contributed by atoms with Crippen molar-refractivity contribution in [3.63, 3.8) is 0 Å². The molecule has 1 saturated heterocycles. The van der Waals surface area contributed by atoms with Gasteiger partial charge in [-0.2, -0.15) is 26.3 Å². The molecule has 2 aliphatic heterocycles. The van der Waals surface area contributed by atoms with Crippen LogP contribution in [0.5, 0.6) is 0 Å². The number of nitrogens with zero attached hydrogens (tertiary/aromatic N) is 2. The summed E-state index contributed by atoms with van der Waals surface area (Å²) in [6.07, 6.45) is -8.06. The van der Waals surface area contributed by atoms with Crippen LogP contribution in [-0.2, 0) is 33.5 Å². The molecule has 2 amide bonds. The lowest BCUT2D eigenvalue weighted by molar-refractivity contribution is -0.192. The van der Waals surface area contributed by atoms with Gasteiger partial charge < -0.3 is 20.3 Å². The van der Waals surface area contributed by atoms with Gasteiger partial charge in [0.05, 0.1) is 5.56 Å². The molecule has 12 heteroatoms. The van der Waals surface area contributed by atoms with E-state index < -0.39 is 41.8 Å². The van der Waals surface area contributed by atoms with Crippen molar-refractivity contribution in [3.8, 4) is 0 Å². The van der Waals surface area contributed by atoms with Crippen LogP contribution in [-0.4, -0.2) is 59.6 Å². The second-order valence-corrected chi connectivity index (χ2v) is 9.43. The van der Waals surface area contributed by atoms with Gasteiger partial charge in [0, 0.05) is 50.0 Å². The fraction of sp³-hybridized carbons (Fsp3) is 0.652. The average molecular weight is 507 g/mol. The maximum absolute atomic E-state index is 13.4. The molecule has 0 radical (unpaired) electrons. The van der Waals surface area contributed by atoms with Gasteiger partial charge in [0.1, 0.15) is 0 Å². The summed E-state index contributed by atoms with van der Waals surface area (Å²) in [5.41, 5.74) is 5.87. The number of fused-ring (bicyclic) bond motifs is 1. The van der Waals surface area contributed by atoms with Crippen LogP contribution in [0.4, 0.5) is 32.0 Å². The maximum atomic E-state index is 13.4. The summed E-state index contributed by atoms with van der Waals surface area (Å²) in [6, 6.07) is 0.547. The average Bonchev–Trinajstić information content (AvgIpc) is 3.27. The number of carbonyl (C=O) groups excluding carboxylic acids is 2. The van der Waals surface area contributed by atoms with E-state index in [-0.39, 0.29) is 50.7 Å². The van der Waals surface area contributed by atoms with E-state index in [2.05, 4.69) is 0 Å². The third kappa shape index (κ3) is 5.36. The molecule has 2 unspecified atom stereocenters. The number of halogens is 6. The van der Waals surface area contributed by atoms with Crippen LogP contribution in [0.2, 0.25) is 0 Å². The van der Waals surface area contributed by atoms with Crippen molar-refractivity contribution < 1.29 is 40.7 Å². The zero-order chi connectivity index (χ0) is 25.5. The van der Waals surface area contributed by atoms with Crippen molar-refractivity contribution in [2.75, 3.05) is 25.5 Å². The maximum Gasteiger partial charge on any atom is 0.471 e. The largest absolute Gasteiger partial charge is 0.471 e. The summed E-state index contributed by atoms with van der Waals surface area (Å²) in [7, 11) is 0. The Labute approximate surface area is 198 Å². The van der Waals surface area contributed by atoms with E-state index in [1.54, 1.807) is 0 Å². The minimum absolute atomic E-state index is 0.0284. The Morgan fingerprint density at radius 3 is 2.31 bits per heavy atom. The van der Waals surface area contributed by atoms with Crippen LogP contribution >= 0.6 is 0 Å². The Morgan fingerprint density at radius 2 is 1.69 bits per heavy atom. The summed E-state index contributed by atoms with van der Waals surface area (Å²) in [6.45, 7) is 0.734. The van der Waals surface area contributed by atoms with Gasteiger partial charge in [0.25, 0.3) is 0 Å². The van der Waals surface area contributed by atoms with Crippen LogP contribution in [0.15, 0.2) is 12.1 Å². The monoisotopic (exact) mass is 507 g/mol. The number of nitrogen functional groups attached to an aromatic ring is 1. The molecule has 3 aliphatic rings. The lowest BCUT2D eigenvalue weighted by Gasteiger charge is -2.39. The molecule has 2 atom stereocenters. The second kappa shape index (κ2) is 9.51. The summed E-state index contributed by atoms with van der Waals surface area (Å²) >= 11 is 0. The van der Waals surface area contributed by atoms with Gasteiger partial charge in [0.2, 0.25) is 5.91 Å². The van der Waals surface area contributed by atoms with Gasteiger partial charge in [-0.3, -0.25) is 9.59 Å². The Balaban J connectivity index is 1.48. The van der Waals surface area contributed by atoms with Crippen LogP contribution < -0.4 is 5.73 Å². The predicted octanol–water partition coefficient (Wildman–Crippen LogP) is 3.91. The smallest absolute Gasteiger partial charge is 0.398 e. The number of hydrogen-bond donors (Lipinski definition) is 1. The van der Waals surface area contributed by atoms with Crippen molar-refractivity contribution in [2.45, 2.75) is 69.5 Å². The number of benzene rings is 1. The molecule has 6 nitrogen and oxygen atoms in total. The Bertz CT molecular complexity index is 974. The standard InChI is InChI=1S/C23H27F6N3O3/c24-22(25,26)15-9-14-12-31(6-3-18(14)19(30)11-15)20(33)13-1-2-17(10-13)32(21(34)23(27,28)29)16-4-7-35-8-5-16/h9,11,13,16-17H,1-8,10,12,30H2. The number of hydrogen-bond acceptors (Lipinski definition) is 4. The molecule has 194 valence electrons. The highest BCUT2D eigenvalue weighted by molar-refractivity contribution is 5.83. The lowest BCUT2D eigenvalue weighted by Crippen LogP contribution is -2.53. The fourth-order valence-corrected chi connectivity index (χ4v) is 5.52. The molecular weight excluding hydrogens is 480 g/mol. The minimum atomic E-state index is -5.02. The van der Waals surface area contributed by atoms with Crippen molar-refractivity contribution in [1.82, 2.24) is 9.80 Å². The zero-order valence-electron chi connectivity index (χ0n) is 18.9.